The van der Waals surface area contributed by atoms with E-state index in [0.717, 1.165) is 28.1 Å². The van der Waals surface area contributed by atoms with E-state index in [-0.39, 0.29) is 6.04 Å². The molecule has 2 aromatic carbocycles. The zero-order valence-corrected chi connectivity index (χ0v) is 14.4. The standard InChI is InChI=1S/C17H20BrClN2/c1-2-21(12-13-6-4-3-5-7-13)17(11-20)15-9-8-14(18)10-16(15)19/h3-10,17H,2,11-12,20H2,1H3. The normalized spacial score (nSPS) is 12.6. The molecule has 2 rings (SSSR count). The number of halogens is 2. The average Bonchev–Trinajstić information content (AvgIpc) is 2.49. The molecule has 112 valence electrons. The summed E-state index contributed by atoms with van der Waals surface area (Å²) in [7, 11) is 0. The summed E-state index contributed by atoms with van der Waals surface area (Å²) in [5.41, 5.74) is 8.40. The van der Waals surface area contributed by atoms with Gasteiger partial charge in [0, 0.05) is 28.6 Å². The summed E-state index contributed by atoms with van der Waals surface area (Å²) in [5.74, 6) is 0. The van der Waals surface area contributed by atoms with Gasteiger partial charge in [-0.15, -0.1) is 0 Å². The summed E-state index contributed by atoms with van der Waals surface area (Å²) in [4.78, 5) is 2.35. The zero-order chi connectivity index (χ0) is 15.2. The molecule has 0 fully saturated rings. The first-order valence-corrected chi connectivity index (χ1v) is 8.25. The molecule has 0 spiro atoms. The lowest BCUT2D eigenvalue weighted by atomic mass is 10.0. The number of benzene rings is 2. The van der Waals surface area contributed by atoms with Gasteiger partial charge in [0.2, 0.25) is 0 Å². The number of rotatable bonds is 6. The van der Waals surface area contributed by atoms with E-state index in [2.05, 4.69) is 58.1 Å². The Balaban J connectivity index is 2.25. The Bertz CT molecular complexity index is 574. The third kappa shape index (κ3) is 4.30. The highest BCUT2D eigenvalue weighted by atomic mass is 79.9. The molecule has 4 heteroatoms. The lowest BCUT2D eigenvalue weighted by Gasteiger charge is -2.31. The quantitative estimate of drug-likeness (QED) is 0.807. The van der Waals surface area contributed by atoms with E-state index in [4.69, 9.17) is 17.3 Å². The third-order valence-corrected chi connectivity index (χ3v) is 4.44. The summed E-state index contributed by atoms with van der Waals surface area (Å²) < 4.78 is 0.984. The fourth-order valence-electron chi connectivity index (χ4n) is 2.50. The van der Waals surface area contributed by atoms with E-state index in [1.165, 1.54) is 5.56 Å². The largest absolute Gasteiger partial charge is 0.329 e. The van der Waals surface area contributed by atoms with Crippen LogP contribution < -0.4 is 5.73 Å². The van der Waals surface area contributed by atoms with E-state index >= 15 is 0 Å². The van der Waals surface area contributed by atoms with Gasteiger partial charge < -0.3 is 5.73 Å². The van der Waals surface area contributed by atoms with Crippen LogP contribution >= 0.6 is 27.5 Å². The van der Waals surface area contributed by atoms with Crippen molar-refractivity contribution in [2.24, 2.45) is 5.73 Å². The fourth-order valence-corrected chi connectivity index (χ4v) is 3.30. The smallest absolute Gasteiger partial charge is 0.0488 e. The van der Waals surface area contributed by atoms with Crippen LogP contribution in [-0.2, 0) is 6.54 Å². The Morgan fingerprint density at radius 3 is 2.48 bits per heavy atom. The number of nitrogens with two attached hydrogens (primary N) is 1. The van der Waals surface area contributed by atoms with Crippen LogP contribution in [-0.4, -0.2) is 18.0 Å². The van der Waals surface area contributed by atoms with Crippen molar-refractivity contribution in [1.29, 1.82) is 0 Å². The molecule has 0 aliphatic rings. The Kier molecular flexibility index (Phi) is 6.24. The molecule has 0 saturated heterocycles. The third-order valence-electron chi connectivity index (χ3n) is 3.62. The molecule has 2 N–H and O–H groups in total. The van der Waals surface area contributed by atoms with Crippen LogP contribution in [0.15, 0.2) is 53.0 Å². The van der Waals surface area contributed by atoms with Gasteiger partial charge >= 0.3 is 0 Å². The molecule has 0 aliphatic carbocycles. The predicted molar refractivity (Wildman–Crippen MR) is 93.5 cm³/mol. The molecular weight excluding hydrogens is 348 g/mol. The first kappa shape index (κ1) is 16.5. The van der Waals surface area contributed by atoms with Crippen molar-refractivity contribution in [1.82, 2.24) is 4.90 Å². The predicted octanol–water partition coefficient (Wildman–Crippen LogP) is 4.62. The Morgan fingerprint density at radius 2 is 1.90 bits per heavy atom. The molecule has 0 amide bonds. The van der Waals surface area contributed by atoms with Crippen LogP contribution in [0.1, 0.15) is 24.1 Å². The fraction of sp³-hybridized carbons (Fsp3) is 0.294. The van der Waals surface area contributed by atoms with Gasteiger partial charge in [-0.3, -0.25) is 4.90 Å². The molecule has 0 saturated carbocycles. The highest BCUT2D eigenvalue weighted by molar-refractivity contribution is 9.10. The molecule has 0 bridgehead atoms. The van der Waals surface area contributed by atoms with E-state index in [0.29, 0.717) is 6.54 Å². The molecule has 0 heterocycles. The minimum atomic E-state index is 0.121. The average molecular weight is 368 g/mol. The first-order valence-electron chi connectivity index (χ1n) is 7.08. The van der Waals surface area contributed by atoms with Crippen molar-refractivity contribution >= 4 is 27.5 Å². The summed E-state index contributed by atoms with van der Waals surface area (Å²) in [6.07, 6.45) is 0. The summed E-state index contributed by atoms with van der Waals surface area (Å²) >= 11 is 9.84. The molecule has 0 aliphatic heterocycles. The van der Waals surface area contributed by atoms with Gasteiger partial charge in [0.1, 0.15) is 0 Å². The van der Waals surface area contributed by atoms with E-state index in [1.54, 1.807) is 0 Å². The Labute approximate surface area is 140 Å². The van der Waals surface area contributed by atoms with Crippen molar-refractivity contribution in [3.63, 3.8) is 0 Å². The number of hydrogen-bond acceptors (Lipinski definition) is 2. The van der Waals surface area contributed by atoms with Gasteiger partial charge in [-0.2, -0.15) is 0 Å². The molecule has 1 atom stereocenters. The van der Waals surface area contributed by atoms with Crippen molar-refractivity contribution in [3.05, 3.63) is 69.2 Å². The van der Waals surface area contributed by atoms with E-state index < -0.39 is 0 Å². The lowest BCUT2D eigenvalue weighted by molar-refractivity contribution is 0.203. The number of hydrogen-bond donors (Lipinski definition) is 1. The maximum Gasteiger partial charge on any atom is 0.0488 e. The second-order valence-corrected chi connectivity index (χ2v) is 6.29. The Hall–Kier alpha value is -0.870. The van der Waals surface area contributed by atoms with Crippen molar-refractivity contribution in [3.8, 4) is 0 Å². The van der Waals surface area contributed by atoms with Crippen molar-refractivity contribution in [2.75, 3.05) is 13.1 Å². The minimum absolute atomic E-state index is 0.121. The van der Waals surface area contributed by atoms with Crippen molar-refractivity contribution in [2.45, 2.75) is 19.5 Å². The van der Waals surface area contributed by atoms with Crippen LogP contribution in [0.2, 0.25) is 5.02 Å². The van der Waals surface area contributed by atoms with Gasteiger partial charge in [0.25, 0.3) is 0 Å². The topological polar surface area (TPSA) is 29.3 Å². The minimum Gasteiger partial charge on any atom is -0.329 e. The summed E-state index contributed by atoms with van der Waals surface area (Å²) in [5, 5.41) is 0.756. The van der Waals surface area contributed by atoms with E-state index in [9.17, 15) is 0 Å². The van der Waals surface area contributed by atoms with Gasteiger partial charge in [-0.1, -0.05) is 70.9 Å². The van der Waals surface area contributed by atoms with Gasteiger partial charge in [0.15, 0.2) is 0 Å². The van der Waals surface area contributed by atoms with Gasteiger partial charge in [0.05, 0.1) is 0 Å². The van der Waals surface area contributed by atoms with Crippen molar-refractivity contribution < 1.29 is 0 Å². The Morgan fingerprint density at radius 1 is 1.19 bits per heavy atom. The molecule has 1 unspecified atom stereocenters. The molecule has 2 aromatic rings. The molecule has 21 heavy (non-hydrogen) atoms. The highest BCUT2D eigenvalue weighted by Crippen LogP contribution is 2.30. The second kappa shape index (κ2) is 7.95. The van der Waals surface area contributed by atoms with E-state index in [1.807, 2.05) is 18.2 Å². The molecule has 2 nitrogen and oxygen atoms in total. The monoisotopic (exact) mass is 366 g/mol. The van der Waals surface area contributed by atoms with Crippen LogP contribution in [0.5, 0.6) is 0 Å². The summed E-state index contributed by atoms with van der Waals surface area (Å²) in [6.45, 7) is 4.48. The maximum atomic E-state index is 6.39. The first-order chi connectivity index (χ1) is 10.2. The highest BCUT2D eigenvalue weighted by Gasteiger charge is 2.20. The summed E-state index contributed by atoms with van der Waals surface area (Å²) in [6, 6.07) is 16.6. The SMILES string of the molecule is CCN(Cc1ccccc1)C(CN)c1ccc(Br)cc1Cl. The van der Waals surface area contributed by atoms with Gasteiger partial charge in [-0.25, -0.2) is 0 Å². The second-order valence-electron chi connectivity index (χ2n) is 4.97. The maximum absolute atomic E-state index is 6.39. The molecule has 0 aromatic heterocycles. The van der Waals surface area contributed by atoms with Crippen LogP contribution in [0.3, 0.4) is 0 Å². The zero-order valence-electron chi connectivity index (χ0n) is 12.1. The lowest BCUT2D eigenvalue weighted by Crippen LogP contribution is -2.33. The molecular formula is C17H20BrClN2. The number of likely N-dealkylation sites (N-methyl/N-ethyl adjacent to an activating group) is 1. The van der Waals surface area contributed by atoms with Crippen LogP contribution in [0.25, 0.3) is 0 Å². The molecule has 0 radical (unpaired) electrons. The number of nitrogens with zero attached hydrogens (tertiary/aromatic N) is 1. The van der Waals surface area contributed by atoms with Crippen LogP contribution in [0.4, 0.5) is 0 Å². The van der Waals surface area contributed by atoms with Gasteiger partial charge in [-0.05, 0) is 29.8 Å². The van der Waals surface area contributed by atoms with Crippen LogP contribution in [0, 0.1) is 0 Å².